The lowest BCUT2D eigenvalue weighted by Crippen LogP contribution is -2.10. The lowest BCUT2D eigenvalue weighted by atomic mass is 10.1. The highest BCUT2D eigenvalue weighted by Gasteiger charge is 2.15. The van der Waals surface area contributed by atoms with Crippen molar-refractivity contribution >= 4 is 27.5 Å². The molecular weight excluding hydrogens is 321 g/mol. The number of benzene rings is 1. The van der Waals surface area contributed by atoms with Crippen molar-refractivity contribution in [3.8, 4) is 11.3 Å². The van der Waals surface area contributed by atoms with Crippen LogP contribution in [0.2, 0.25) is 5.02 Å². The first-order chi connectivity index (χ1) is 8.54. The van der Waals surface area contributed by atoms with Gasteiger partial charge < -0.3 is 5.32 Å². The van der Waals surface area contributed by atoms with Crippen LogP contribution in [0, 0.1) is 5.82 Å². The zero-order chi connectivity index (χ0) is 13.3. The molecule has 0 saturated heterocycles. The lowest BCUT2D eigenvalue weighted by molar-refractivity contribution is 0.628. The maximum absolute atomic E-state index is 13.1. The van der Waals surface area contributed by atoms with Crippen LogP contribution >= 0.6 is 27.5 Å². The third-order valence-corrected chi connectivity index (χ3v) is 3.76. The van der Waals surface area contributed by atoms with E-state index < -0.39 is 5.82 Å². The van der Waals surface area contributed by atoms with Crippen molar-refractivity contribution < 1.29 is 4.39 Å². The SMILES string of the molecule is CNCc1c(Br)c(-c2ccc(F)c(Cl)c2)nn1C. The summed E-state index contributed by atoms with van der Waals surface area (Å²) < 4.78 is 15.8. The Morgan fingerprint density at radius 1 is 1.50 bits per heavy atom. The third kappa shape index (κ3) is 2.43. The number of hydrogen-bond acceptors (Lipinski definition) is 2. The van der Waals surface area contributed by atoms with Crippen LogP contribution in [0.1, 0.15) is 5.69 Å². The molecule has 0 aliphatic carbocycles. The van der Waals surface area contributed by atoms with Crippen LogP contribution in [0.5, 0.6) is 0 Å². The van der Waals surface area contributed by atoms with Gasteiger partial charge in [0.15, 0.2) is 0 Å². The molecule has 96 valence electrons. The van der Waals surface area contributed by atoms with E-state index in [1.165, 1.54) is 6.07 Å². The summed E-state index contributed by atoms with van der Waals surface area (Å²) in [6.07, 6.45) is 0. The number of rotatable bonds is 3. The van der Waals surface area contributed by atoms with Gasteiger partial charge in [0, 0.05) is 19.2 Å². The molecule has 1 aromatic heterocycles. The van der Waals surface area contributed by atoms with Gasteiger partial charge >= 0.3 is 0 Å². The molecule has 0 aliphatic rings. The molecule has 2 rings (SSSR count). The summed E-state index contributed by atoms with van der Waals surface area (Å²) in [5, 5.41) is 7.59. The average Bonchev–Trinajstić information content (AvgIpc) is 2.61. The molecule has 0 fully saturated rings. The predicted molar refractivity (Wildman–Crippen MR) is 74.1 cm³/mol. The molecule has 2 aromatic rings. The number of hydrogen-bond donors (Lipinski definition) is 1. The Hall–Kier alpha value is -0.910. The first kappa shape index (κ1) is 13.5. The zero-order valence-electron chi connectivity index (χ0n) is 9.97. The quantitative estimate of drug-likeness (QED) is 0.934. The molecule has 18 heavy (non-hydrogen) atoms. The van der Waals surface area contributed by atoms with Crippen molar-refractivity contribution in [3.63, 3.8) is 0 Å². The summed E-state index contributed by atoms with van der Waals surface area (Å²) in [7, 11) is 3.74. The topological polar surface area (TPSA) is 29.9 Å². The summed E-state index contributed by atoms with van der Waals surface area (Å²) in [6.45, 7) is 0.693. The van der Waals surface area contributed by atoms with Gasteiger partial charge in [0.1, 0.15) is 11.5 Å². The monoisotopic (exact) mass is 331 g/mol. The Balaban J connectivity index is 2.50. The summed E-state index contributed by atoms with van der Waals surface area (Å²) in [5.74, 6) is -0.428. The van der Waals surface area contributed by atoms with Crippen LogP contribution in [-0.4, -0.2) is 16.8 Å². The molecule has 3 nitrogen and oxygen atoms in total. The number of nitrogens with one attached hydrogen (secondary N) is 1. The maximum atomic E-state index is 13.1. The van der Waals surface area contributed by atoms with Gasteiger partial charge in [-0.3, -0.25) is 4.68 Å². The van der Waals surface area contributed by atoms with Crippen molar-refractivity contribution in [1.29, 1.82) is 0 Å². The Bertz CT molecular complexity index is 583. The standard InChI is InChI=1S/C12H12BrClFN3/c1-16-6-10-11(13)12(17-18(10)2)7-3-4-9(15)8(14)5-7/h3-5,16H,6H2,1-2H3. The highest BCUT2D eigenvalue weighted by atomic mass is 79.9. The molecule has 1 aromatic carbocycles. The van der Waals surface area contributed by atoms with E-state index in [-0.39, 0.29) is 5.02 Å². The Morgan fingerprint density at radius 2 is 2.22 bits per heavy atom. The molecule has 6 heteroatoms. The second kappa shape index (κ2) is 5.38. The van der Waals surface area contributed by atoms with Crippen LogP contribution in [0.25, 0.3) is 11.3 Å². The molecule has 0 unspecified atom stereocenters. The molecule has 1 N–H and O–H groups in total. The summed E-state index contributed by atoms with van der Waals surface area (Å²) in [6, 6.07) is 4.58. The fraction of sp³-hybridized carbons (Fsp3) is 0.250. The predicted octanol–water partition coefficient (Wildman–Crippen LogP) is 3.36. The van der Waals surface area contributed by atoms with Crippen LogP contribution < -0.4 is 5.32 Å². The van der Waals surface area contributed by atoms with Gasteiger partial charge in [0.25, 0.3) is 0 Å². The summed E-state index contributed by atoms with van der Waals surface area (Å²) >= 11 is 9.31. The lowest BCUT2D eigenvalue weighted by Gasteiger charge is -2.01. The van der Waals surface area contributed by atoms with Crippen molar-refractivity contribution in [2.75, 3.05) is 7.05 Å². The molecule has 1 heterocycles. The molecule has 0 spiro atoms. The van der Waals surface area contributed by atoms with Crippen LogP contribution in [0.3, 0.4) is 0 Å². The van der Waals surface area contributed by atoms with Crippen LogP contribution in [0.15, 0.2) is 22.7 Å². The van der Waals surface area contributed by atoms with Gasteiger partial charge in [0.2, 0.25) is 0 Å². The molecule has 0 saturated carbocycles. The fourth-order valence-electron chi connectivity index (χ4n) is 1.72. The Kier molecular flexibility index (Phi) is 4.04. The smallest absolute Gasteiger partial charge is 0.141 e. The minimum absolute atomic E-state index is 0.0974. The zero-order valence-corrected chi connectivity index (χ0v) is 12.3. The third-order valence-electron chi connectivity index (χ3n) is 2.64. The molecule has 0 radical (unpaired) electrons. The van der Waals surface area contributed by atoms with Crippen LogP contribution in [-0.2, 0) is 13.6 Å². The summed E-state index contributed by atoms with van der Waals surface area (Å²) in [5.41, 5.74) is 2.56. The van der Waals surface area contributed by atoms with E-state index in [4.69, 9.17) is 11.6 Å². The average molecular weight is 333 g/mol. The van der Waals surface area contributed by atoms with Crippen LogP contribution in [0.4, 0.5) is 4.39 Å². The number of aryl methyl sites for hydroxylation is 1. The van der Waals surface area contributed by atoms with Crippen molar-refractivity contribution in [1.82, 2.24) is 15.1 Å². The van der Waals surface area contributed by atoms with E-state index in [1.807, 2.05) is 14.1 Å². The van der Waals surface area contributed by atoms with Crippen molar-refractivity contribution in [3.05, 3.63) is 39.2 Å². The maximum Gasteiger partial charge on any atom is 0.141 e. The molecular formula is C12H12BrClFN3. The van der Waals surface area contributed by atoms with Gasteiger partial charge in [-0.25, -0.2) is 4.39 Å². The Morgan fingerprint density at radius 3 is 2.83 bits per heavy atom. The van der Waals surface area contributed by atoms with Gasteiger partial charge in [0.05, 0.1) is 15.2 Å². The van der Waals surface area contributed by atoms with Crippen molar-refractivity contribution in [2.24, 2.45) is 7.05 Å². The molecule has 0 aliphatic heterocycles. The molecule has 0 atom stereocenters. The van der Waals surface area contributed by atoms with E-state index in [1.54, 1.807) is 16.8 Å². The van der Waals surface area contributed by atoms with Gasteiger partial charge in [-0.05, 0) is 41.2 Å². The second-order valence-corrected chi connectivity index (χ2v) is 5.09. The van der Waals surface area contributed by atoms with E-state index >= 15 is 0 Å². The van der Waals surface area contributed by atoms with E-state index in [0.717, 1.165) is 21.4 Å². The first-order valence-corrected chi connectivity index (χ1v) is 6.53. The number of halogens is 3. The minimum Gasteiger partial charge on any atom is -0.314 e. The van der Waals surface area contributed by atoms with E-state index in [2.05, 4.69) is 26.3 Å². The normalized spacial score (nSPS) is 10.9. The van der Waals surface area contributed by atoms with Gasteiger partial charge in [-0.15, -0.1) is 0 Å². The highest BCUT2D eigenvalue weighted by molar-refractivity contribution is 9.10. The first-order valence-electron chi connectivity index (χ1n) is 5.36. The summed E-state index contributed by atoms with van der Waals surface area (Å²) in [4.78, 5) is 0. The largest absolute Gasteiger partial charge is 0.314 e. The van der Waals surface area contributed by atoms with Crippen molar-refractivity contribution in [2.45, 2.75) is 6.54 Å². The van der Waals surface area contributed by atoms with E-state index in [9.17, 15) is 4.39 Å². The van der Waals surface area contributed by atoms with Gasteiger partial charge in [-0.2, -0.15) is 5.10 Å². The number of nitrogens with zero attached hydrogens (tertiary/aromatic N) is 2. The Labute approximate surface area is 118 Å². The molecule has 0 bridgehead atoms. The van der Waals surface area contributed by atoms with E-state index in [0.29, 0.717) is 6.54 Å². The highest BCUT2D eigenvalue weighted by Crippen LogP contribution is 2.32. The minimum atomic E-state index is -0.428. The second-order valence-electron chi connectivity index (χ2n) is 3.89. The van der Waals surface area contributed by atoms with Gasteiger partial charge in [-0.1, -0.05) is 11.6 Å². The molecule has 0 amide bonds. The fourth-order valence-corrected chi connectivity index (χ4v) is 2.61. The number of aromatic nitrogens is 2.